The highest BCUT2D eigenvalue weighted by molar-refractivity contribution is 7.10. The molecule has 1 aliphatic heterocycles. The van der Waals surface area contributed by atoms with Crippen LogP contribution < -0.4 is 0 Å². The second-order valence-electron chi connectivity index (χ2n) is 7.14. The Bertz CT molecular complexity index is 848. The Kier molecular flexibility index (Phi) is 5.40. The van der Waals surface area contributed by atoms with Crippen LogP contribution in [0.25, 0.3) is 0 Å². The first-order valence-electron chi connectivity index (χ1n) is 9.73. The standard InChI is InChI=1S/C24H25NOS/c1-2-22-20-14-16-27-23(20)13-15-25(22)24(26)17-21(18-9-5-3-6-10-18)19-11-7-4-8-12-19/h3-12,14,16,21-22H,2,13,15,17H2,1H3/t22-/m1/s1. The van der Waals surface area contributed by atoms with Gasteiger partial charge in [0.25, 0.3) is 0 Å². The second-order valence-corrected chi connectivity index (χ2v) is 8.14. The molecule has 0 saturated carbocycles. The van der Waals surface area contributed by atoms with Crippen molar-refractivity contribution in [1.29, 1.82) is 0 Å². The molecule has 2 aromatic carbocycles. The van der Waals surface area contributed by atoms with E-state index >= 15 is 0 Å². The van der Waals surface area contributed by atoms with Gasteiger partial charge in [0.15, 0.2) is 0 Å². The molecular formula is C24H25NOS. The number of carbonyl (C=O) groups is 1. The summed E-state index contributed by atoms with van der Waals surface area (Å²) in [5.41, 5.74) is 3.77. The number of thiophene rings is 1. The number of nitrogens with zero attached hydrogens (tertiary/aromatic N) is 1. The SMILES string of the molecule is CC[C@@H]1c2ccsc2CCN1C(=O)CC(c1ccccc1)c1ccccc1. The lowest BCUT2D eigenvalue weighted by Gasteiger charge is -2.36. The van der Waals surface area contributed by atoms with Gasteiger partial charge in [0.1, 0.15) is 0 Å². The Morgan fingerprint density at radius 1 is 1.04 bits per heavy atom. The average Bonchev–Trinajstić information content (AvgIpc) is 3.21. The van der Waals surface area contributed by atoms with Gasteiger partial charge in [-0.1, -0.05) is 67.6 Å². The highest BCUT2D eigenvalue weighted by Crippen LogP contribution is 2.37. The monoisotopic (exact) mass is 375 g/mol. The minimum absolute atomic E-state index is 0.0984. The van der Waals surface area contributed by atoms with E-state index in [2.05, 4.69) is 71.8 Å². The summed E-state index contributed by atoms with van der Waals surface area (Å²) in [6.45, 7) is 3.02. The zero-order valence-electron chi connectivity index (χ0n) is 15.7. The molecule has 3 aromatic rings. The third-order valence-corrected chi connectivity index (χ3v) is 6.58. The second kappa shape index (κ2) is 8.10. The van der Waals surface area contributed by atoms with E-state index in [1.807, 2.05) is 23.5 Å². The molecule has 0 fully saturated rings. The summed E-state index contributed by atoms with van der Waals surface area (Å²) in [6, 6.07) is 23.3. The number of rotatable bonds is 5. The molecule has 0 spiro atoms. The maximum absolute atomic E-state index is 13.4. The molecule has 4 rings (SSSR count). The van der Waals surface area contributed by atoms with E-state index in [9.17, 15) is 4.79 Å². The van der Waals surface area contributed by atoms with Crippen LogP contribution in [0.1, 0.15) is 53.3 Å². The van der Waals surface area contributed by atoms with E-state index in [4.69, 9.17) is 0 Å². The van der Waals surface area contributed by atoms with Crippen LogP contribution >= 0.6 is 11.3 Å². The zero-order chi connectivity index (χ0) is 18.6. The van der Waals surface area contributed by atoms with Crippen LogP contribution in [0.3, 0.4) is 0 Å². The molecule has 1 atom stereocenters. The largest absolute Gasteiger partial charge is 0.335 e. The normalized spacial score (nSPS) is 16.4. The highest BCUT2D eigenvalue weighted by Gasteiger charge is 2.31. The van der Waals surface area contributed by atoms with Crippen molar-refractivity contribution in [2.45, 2.75) is 38.1 Å². The van der Waals surface area contributed by atoms with Gasteiger partial charge in [0.2, 0.25) is 5.91 Å². The molecule has 0 saturated heterocycles. The van der Waals surface area contributed by atoms with Gasteiger partial charge in [-0.15, -0.1) is 11.3 Å². The molecular weight excluding hydrogens is 350 g/mol. The lowest BCUT2D eigenvalue weighted by Crippen LogP contribution is -2.39. The van der Waals surface area contributed by atoms with Crippen LogP contribution in [0.2, 0.25) is 0 Å². The smallest absolute Gasteiger partial charge is 0.224 e. The maximum Gasteiger partial charge on any atom is 0.224 e. The van der Waals surface area contributed by atoms with Gasteiger partial charge in [-0.2, -0.15) is 0 Å². The number of hydrogen-bond acceptors (Lipinski definition) is 2. The van der Waals surface area contributed by atoms with Gasteiger partial charge in [0.05, 0.1) is 6.04 Å². The Morgan fingerprint density at radius 2 is 1.67 bits per heavy atom. The third kappa shape index (κ3) is 3.70. The fraction of sp³-hybridized carbons (Fsp3) is 0.292. The van der Waals surface area contributed by atoms with Crippen LogP contribution in [0.15, 0.2) is 72.1 Å². The molecule has 0 radical (unpaired) electrons. The van der Waals surface area contributed by atoms with Crippen LogP contribution in [0, 0.1) is 0 Å². The minimum atomic E-state index is 0.0984. The first-order chi connectivity index (χ1) is 13.3. The van der Waals surface area contributed by atoms with Gasteiger partial charge in [-0.3, -0.25) is 4.79 Å². The van der Waals surface area contributed by atoms with E-state index < -0.39 is 0 Å². The van der Waals surface area contributed by atoms with Gasteiger partial charge >= 0.3 is 0 Å². The van der Waals surface area contributed by atoms with Crippen molar-refractivity contribution in [3.63, 3.8) is 0 Å². The van der Waals surface area contributed by atoms with Gasteiger partial charge in [-0.25, -0.2) is 0 Å². The van der Waals surface area contributed by atoms with Crippen molar-refractivity contribution in [3.05, 3.63) is 93.7 Å². The van der Waals surface area contributed by atoms with E-state index in [1.54, 1.807) is 0 Å². The van der Waals surface area contributed by atoms with Crippen molar-refractivity contribution in [2.75, 3.05) is 6.54 Å². The summed E-state index contributed by atoms with van der Waals surface area (Å²) >= 11 is 1.83. The number of fused-ring (bicyclic) bond motifs is 1. The summed E-state index contributed by atoms with van der Waals surface area (Å²) < 4.78 is 0. The fourth-order valence-corrected chi connectivity index (χ4v) is 5.15. The van der Waals surface area contributed by atoms with Crippen molar-refractivity contribution in [2.24, 2.45) is 0 Å². The number of benzene rings is 2. The summed E-state index contributed by atoms with van der Waals surface area (Å²) in [5, 5.41) is 2.16. The number of hydrogen-bond donors (Lipinski definition) is 0. The topological polar surface area (TPSA) is 20.3 Å². The molecule has 27 heavy (non-hydrogen) atoms. The number of amides is 1. The van der Waals surface area contributed by atoms with Crippen molar-refractivity contribution >= 4 is 17.2 Å². The first-order valence-corrected chi connectivity index (χ1v) is 10.6. The minimum Gasteiger partial charge on any atom is -0.335 e. The van der Waals surface area contributed by atoms with Crippen LogP contribution in [0.5, 0.6) is 0 Å². The molecule has 1 aliphatic rings. The van der Waals surface area contributed by atoms with Crippen LogP contribution in [-0.2, 0) is 11.2 Å². The lowest BCUT2D eigenvalue weighted by atomic mass is 9.87. The summed E-state index contributed by atoms with van der Waals surface area (Å²) in [7, 11) is 0. The Hall–Kier alpha value is -2.39. The molecule has 1 amide bonds. The molecule has 0 bridgehead atoms. The highest BCUT2D eigenvalue weighted by atomic mass is 32.1. The third-order valence-electron chi connectivity index (χ3n) is 5.58. The van der Waals surface area contributed by atoms with E-state index in [1.165, 1.54) is 21.6 Å². The molecule has 3 heteroatoms. The molecule has 2 heterocycles. The summed E-state index contributed by atoms with van der Waals surface area (Å²) in [5.74, 6) is 0.359. The lowest BCUT2D eigenvalue weighted by molar-refractivity contribution is -0.134. The predicted octanol–water partition coefficient (Wildman–Crippen LogP) is 5.81. The molecule has 138 valence electrons. The summed E-state index contributed by atoms with van der Waals surface area (Å²) in [6.07, 6.45) is 2.47. The van der Waals surface area contributed by atoms with Crippen molar-refractivity contribution < 1.29 is 4.79 Å². The average molecular weight is 376 g/mol. The molecule has 0 N–H and O–H groups in total. The quantitative estimate of drug-likeness (QED) is 0.551. The molecule has 2 nitrogen and oxygen atoms in total. The molecule has 0 aliphatic carbocycles. The van der Waals surface area contributed by atoms with E-state index in [0.29, 0.717) is 6.42 Å². The zero-order valence-corrected chi connectivity index (χ0v) is 16.5. The van der Waals surface area contributed by atoms with E-state index in [-0.39, 0.29) is 17.9 Å². The summed E-state index contributed by atoms with van der Waals surface area (Å²) in [4.78, 5) is 17.0. The maximum atomic E-state index is 13.4. The van der Waals surface area contributed by atoms with Crippen LogP contribution in [-0.4, -0.2) is 17.4 Å². The van der Waals surface area contributed by atoms with Gasteiger partial charge < -0.3 is 4.90 Å². The van der Waals surface area contributed by atoms with Crippen molar-refractivity contribution in [1.82, 2.24) is 4.90 Å². The Balaban J connectivity index is 1.61. The van der Waals surface area contributed by atoms with Crippen LogP contribution in [0.4, 0.5) is 0 Å². The van der Waals surface area contributed by atoms with Gasteiger partial charge in [-0.05, 0) is 41.0 Å². The predicted molar refractivity (Wildman–Crippen MR) is 112 cm³/mol. The molecule has 0 unspecified atom stereocenters. The Morgan fingerprint density at radius 3 is 2.26 bits per heavy atom. The van der Waals surface area contributed by atoms with Gasteiger partial charge in [0, 0.05) is 23.8 Å². The fourth-order valence-electron chi connectivity index (χ4n) is 4.23. The van der Waals surface area contributed by atoms with E-state index in [0.717, 1.165) is 19.4 Å². The molecule has 1 aromatic heterocycles. The first kappa shape index (κ1) is 18.0. The van der Waals surface area contributed by atoms with Crippen molar-refractivity contribution in [3.8, 4) is 0 Å². The Labute approximate surface area is 165 Å². The number of carbonyl (C=O) groups excluding carboxylic acids is 1.